The second-order valence-corrected chi connectivity index (χ2v) is 3.47. The molecule has 1 fully saturated rings. The second-order valence-electron chi connectivity index (χ2n) is 3.47. The molecule has 0 spiro atoms. The van der Waals surface area contributed by atoms with Crippen LogP contribution < -0.4 is 0 Å². The molecular weight excluding hydrogens is 150 g/mol. The van der Waals surface area contributed by atoms with Crippen molar-refractivity contribution in [2.45, 2.75) is 19.3 Å². The summed E-state index contributed by atoms with van der Waals surface area (Å²) in [6.07, 6.45) is 8.19. The number of carbonyl (C=O) groups is 1. The summed E-state index contributed by atoms with van der Waals surface area (Å²) < 4.78 is 0. The molecule has 0 aromatic rings. The molecule has 0 amide bonds. The number of piperidine rings is 1. The lowest BCUT2D eigenvalue weighted by Crippen LogP contribution is -2.29. The van der Waals surface area contributed by atoms with Crippen molar-refractivity contribution in [2.24, 2.45) is 5.92 Å². The van der Waals surface area contributed by atoms with Gasteiger partial charge in [-0.2, -0.15) is 0 Å². The highest BCUT2D eigenvalue weighted by molar-refractivity contribution is 5.51. The third kappa shape index (κ3) is 3.18. The Kier molecular flexibility index (Phi) is 4.01. The summed E-state index contributed by atoms with van der Waals surface area (Å²) in [6, 6.07) is 0. The fourth-order valence-electron chi connectivity index (χ4n) is 1.55. The Morgan fingerprint density at radius 3 is 2.67 bits per heavy atom. The number of hydrogen-bond acceptors (Lipinski definition) is 2. The quantitative estimate of drug-likeness (QED) is 0.468. The highest BCUT2D eigenvalue weighted by Gasteiger charge is 2.12. The van der Waals surface area contributed by atoms with Crippen molar-refractivity contribution in [3.05, 3.63) is 12.2 Å². The average Bonchev–Trinajstić information content (AvgIpc) is 2.09. The van der Waals surface area contributed by atoms with Gasteiger partial charge in [-0.1, -0.05) is 12.2 Å². The van der Waals surface area contributed by atoms with Gasteiger partial charge in [0.2, 0.25) is 0 Å². The molecule has 1 saturated heterocycles. The van der Waals surface area contributed by atoms with Gasteiger partial charge in [-0.25, -0.2) is 0 Å². The Bertz CT molecular complexity index is 157. The van der Waals surface area contributed by atoms with Crippen LogP contribution in [0.25, 0.3) is 0 Å². The van der Waals surface area contributed by atoms with Gasteiger partial charge in [0.25, 0.3) is 0 Å². The molecule has 1 heterocycles. The molecule has 0 atom stereocenters. The van der Waals surface area contributed by atoms with Crippen LogP contribution in [-0.4, -0.2) is 31.3 Å². The minimum atomic E-state index is 0.576. The van der Waals surface area contributed by atoms with E-state index in [1.165, 1.54) is 25.9 Å². The van der Waals surface area contributed by atoms with Crippen LogP contribution in [0, 0.1) is 5.92 Å². The first-order valence-electron chi connectivity index (χ1n) is 4.62. The van der Waals surface area contributed by atoms with Crippen molar-refractivity contribution < 1.29 is 4.79 Å². The van der Waals surface area contributed by atoms with Crippen LogP contribution in [0.5, 0.6) is 0 Å². The number of nitrogens with zero attached hydrogens (tertiary/aromatic N) is 1. The van der Waals surface area contributed by atoms with Crippen molar-refractivity contribution in [1.29, 1.82) is 0 Å². The minimum absolute atomic E-state index is 0.576. The second kappa shape index (κ2) is 5.09. The van der Waals surface area contributed by atoms with E-state index in [1.807, 2.05) is 6.08 Å². The van der Waals surface area contributed by atoms with Gasteiger partial charge < -0.3 is 9.69 Å². The lowest BCUT2D eigenvalue weighted by Gasteiger charge is -2.26. The molecule has 1 aliphatic rings. The van der Waals surface area contributed by atoms with Crippen LogP contribution in [0.3, 0.4) is 0 Å². The predicted octanol–water partition coefficient (Wildman–Crippen LogP) is 1.47. The molecule has 0 bridgehead atoms. The fourth-order valence-corrected chi connectivity index (χ4v) is 1.55. The molecule has 0 radical (unpaired) electrons. The zero-order valence-electron chi connectivity index (χ0n) is 7.70. The molecular formula is C10H17NO. The Morgan fingerprint density at radius 1 is 1.42 bits per heavy atom. The summed E-state index contributed by atoms with van der Waals surface area (Å²) in [4.78, 5) is 12.4. The Labute approximate surface area is 74.2 Å². The predicted molar refractivity (Wildman–Crippen MR) is 50.0 cm³/mol. The van der Waals surface area contributed by atoms with Crippen LogP contribution >= 0.6 is 0 Å². The van der Waals surface area contributed by atoms with Crippen molar-refractivity contribution in [1.82, 2.24) is 4.90 Å². The van der Waals surface area contributed by atoms with E-state index in [1.54, 1.807) is 0 Å². The summed E-state index contributed by atoms with van der Waals surface area (Å²) >= 11 is 0. The van der Waals surface area contributed by atoms with Crippen molar-refractivity contribution in [3.8, 4) is 0 Å². The maximum atomic E-state index is 10.0. The molecule has 0 unspecified atom stereocenters. The minimum Gasteiger partial charge on any atom is -0.306 e. The first-order valence-corrected chi connectivity index (χ1v) is 4.62. The molecule has 12 heavy (non-hydrogen) atoms. The van der Waals surface area contributed by atoms with E-state index in [-0.39, 0.29) is 0 Å². The van der Waals surface area contributed by atoms with Crippen LogP contribution in [0.4, 0.5) is 0 Å². The topological polar surface area (TPSA) is 20.3 Å². The zero-order valence-corrected chi connectivity index (χ0v) is 7.70. The summed E-state index contributed by atoms with van der Waals surface area (Å²) in [5.74, 6) is 0.709. The Morgan fingerprint density at radius 2 is 2.08 bits per heavy atom. The van der Waals surface area contributed by atoms with Gasteiger partial charge in [-0.05, 0) is 38.9 Å². The molecule has 0 aromatic heterocycles. The first kappa shape index (κ1) is 9.46. The molecule has 0 aliphatic carbocycles. The third-order valence-corrected chi connectivity index (χ3v) is 2.40. The first-order chi connectivity index (χ1) is 5.83. The van der Waals surface area contributed by atoms with Gasteiger partial charge in [0, 0.05) is 6.42 Å². The smallest absolute Gasteiger partial charge is 0.123 e. The van der Waals surface area contributed by atoms with E-state index in [0.717, 1.165) is 6.29 Å². The molecule has 2 nitrogen and oxygen atoms in total. The molecule has 1 aliphatic heterocycles. The van der Waals surface area contributed by atoms with Crippen LogP contribution in [-0.2, 0) is 4.79 Å². The molecule has 2 heteroatoms. The highest BCUT2D eigenvalue weighted by atomic mass is 16.1. The van der Waals surface area contributed by atoms with E-state index in [4.69, 9.17) is 0 Å². The van der Waals surface area contributed by atoms with Crippen molar-refractivity contribution >= 4 is 6.29 Å². The molecule has 0 saturated carbocycles. The average molecular weight is 167 g/mol. The molecule has 0 aromatic carbocycles. The fraction of sp³-hybridized carbons (Fsp3) is 0.700. The molecule has 1 rings (SSSR count). The van der Waals surface area contributed by atoms with E-state index in [9.17, 15) is 4.79 Å². The van der Waals surface area contributed by atoms with Crippen LogP contribution in [0.15, 0.2) is 12.2 Å². The standard InChI is InChI=1S/C10H17NO/c1-11-7-5-10(6-8-11)4-2-3-9-12/h2,4,9-10H,3,5-8H2,1H3/b4-2-. The Balaban J connectivity index is 2.21. The summed E-state index contributed by atoms with van der Waals surface area (Å²) in [5, 5.41) is 0. The number of hydrogen-bond donors (Lipinski definition) is 0. The molecule has 68 valence electrons. The number of aldehydes is 1. The lowest BCUT2D eigenvalue weighted by molar-refractivity contribution is -0.107. The zero-order chi connectivity index (χ0) is 8.81. The van der Waals surface area contributed by atoms with E-state index in [0.29, 0.717) is 12.3 Å². The number of carbonyl (C=O) groups excluding carboxylic acids is 1. The third-order valence-electron chi connectivity index (χ3n) is 2.40. The largest absolute Gasteiger partial charge is 0.306 e. The summed E-state index contributed by atoms with van der Waals surface area (Å²) in [7, 11) is 2.16. The van der Waals surface area contributed by atoms with Gasteiger partial charge in [-0.3, -0.25) is 0 Å². The van der Waals surface area contributed by atoms with Gasteiger partial charge in [0.05, 0.1) is 0 Å². The van der Waals surface area contributed by atoms with Crippen molar-refractivity contribution in [3.63, 3.8) is 0 Å². The van der Waals surface area contributed by atoms with E-state index in [2.05, 4.69) is 18.0 Å². The van der Waals surface area contributed by atoms with Crippen molar-refractivity contribution in [2.75, 3.05) is 20.1 Å². The van der Waals surface area contributed by atoms with E-state index >= 15 is 0 Å². The van der Waals surface area contributed by atoms with Gasteiger partial charge >= 0.3 is 0 Å². The number of allylic oxidation sites excluding steroid dienone is 2. The lowest BCUT2D eigenvalue weighted by atomic mass is 9.96. The van der Waals surface area contributed by atoms with Gasteiger partial charge in [-0.15, -0.1) is 0 Å². The van der Waals surface area contributed by atoms with Gasteiger partial charge in [0.15, 0.2) is 0 Å². The SMILES string of the molecule is CN1CCC(/C=C\CC=O)CC1. The molecule has 0 N–H and O–H groups in total. The summed E-state index contributed by atoms with van der Waals surface area (Å²) in [6.45, 7) is 2.38. The number of likely N-dealkylation sites (tertiary alicyclic amines) is 1. The maximum absolute atomic E-state index is 10.0. The maximum Gasteiger partial charge on any atom is 0.123 e. The monoisotopic (exact) mass is 167 g/mol. The normalized spacial score (nSPS) is 21.8. The summed E-state index contributed by atoms with van der Waals surface area (Å²) in [5.41, 5.74) is 0. The highest BCUT2D eigenvalue weighted by Crippen LogP contribution is 2.16. The Hall–Kier alpha value is -0.630. The van der Waals surface area contributed by atoms with E-state index < -0.39 is 0 Å². The van der Waals surface area contributed by atoms with Gasteiger partial charge in [0.1, 0.15) is 6.29 Å². The van der Waals surface area contributed by atoms with Crippen LogP contribution in [0.2, 0.25) is 0 Å². The number of rotatable bonds is 3. The van der Waals surface area contributed by atoms with Crippen LogP contribution in [0.1, 0.15) is 19.3 Å².